The van der Waals surface area contributed by atoms with Gasteiger partial charge in [0.1, 0.15) is 9.84 Å². The molecule has 0 aliphatic carbocycles. The molecule has 0 fully saturated rings. The average molecular weight is 287 g/mol. The SMILES string of the molecule is CCCC(N)C(=O)N(CC)CCS(C)(=O)=O.Cl. The molecule has 0 aromatic heterocycles. The summed E-state index contributed by atoms with van der Waals surface area (Å²) in [5.74, 6) is -0.168. The summed E-state index contributed by atoms with van der Waals surface area (Å²) in [6, 6.07) is -0.510. The fourth-order valence-corrected chi connectivity index (χ4v) is 1.92. The lowest BCUT2D eigenvalue weighted by atomic mass is 10.1. The second-order valence-electron chi connectivity index (χ2n) is 3.94. The summed E-state index contributed by atoms with van der Waals surface area (Å²) in [7, 11) is -3.04. The summed E-state index contributed by atoms with van der Waals surface area (Å²) in [6.45, 7) is 4.50. The zero-order valence-electron chi connectivity index (χ0n) is 10.7. The van der Waals surface area contributed by atoms with Crippen LogP contribution in [-0.2, 0) is 14.6 Å². The van der Waals surface area contributed by atoms with Gasteiger partial charge in [-0.1, -0.05) is 13.3 Å². The first kappa shape index (κ1) is 19.0. The molecule has 0 radical (unpaired) electrons. The summed E-state index contributed by atoms with van der Waals surface area (Å²) >= 11 is 0. The van der Waals surface area contributed by atoms with Gasteiger partial charge in [0.25, 0.3) is 0 Å². The molecular formula is C10H23ClN2O3S. The molecule has 7 heteroatoms. The topological polar surface area (TPSA) is 80.5 Å². The average Bonchev–Trinajstić information content (AvgIpc) is 2.17. The second kappa shape index (κ2) is 8.72. The Labute approximate surface area is 110 Å². The third kappa shape index (κ3) is 8.40. The number of likely N-dealkylation sites (N-methyl/N-ethyl adjacent to an activating group) is 1. The lowest BCUT2D eigenvalue weighted by Gasteiger charge is -2.23. The van der Waals surface area contributed by atoms with Crippen molar-refractivity contribution in [1.29, 1.82) is 0 Å². The second-order valence-corrected chi connectivity index (χ2v) is 6.20. The van der Waals surface area contributed by atoms with E-state index in [0.29, 0.717) is 13.0 Å². The van der Waals surface area contributed by atoms with Gasteiger partial charge in [0.05, 0.1) is 11.8 Å². The molecule has 0 bridgehead atoms. The van der Waals surface area contributed by atoms with Crippen molar-refractivity contribution in [2.45, 2.75) is 32.7 Å². The van der Waals surface area contributed by atoms with E-state index in [1.54, 1.807) is 0 Å². The molecule has 0 spiro atoms. The predicted octanol–water partition coefficient (Wildman–Crippen LogP) is 0.429. The summed E-state index contributed by atoms with van der Waals surface area (Å²) in [5.41, 5.74) is 5.70. The fraction of sp³-hybridized carbons (Fsp3) is 0.900. The smallest absolute Gasteiger partial charge is 0.239 e. The fourth-order valence-electron chi connectivity index (χ4n) is 1.37. The largest absolute Gasteiger partial charge is 0.341 e. The number of sulfone groups is 1. The van der Waals surface area contributed by atoms with Gasteiger partial charge in [-0.2, -0.15) is 0 Å². The Morgan fingerprint density at radius 2 is 1.88 bits per heavy atom. The zero-order chi connectivity index (χ0) is 12.8. The maximum atomic E-state index is 11.8. The highest BCUT2D eigenvalue weighted by Gasteiger charge is 2.19. The molecule has 0 aliphatic rings. The minimum Gasteiger partial charge on any atom is -0.341 e. The zero-order valence-corrected chi connectivity index (χ0v) is 12.3. The van der Waals surface area contributed by atoms with Crippen molar-refractivity contribution in [3.05, 3.63) is 0 Å². The molecule has 0 aromatic rings. The number of rotatable bonds is 7. The molecule has 0 saturated heterocycles. The molecule has 2 N–H and O–H groups in total. The van der Waals surface area contributed by atoms with Crippen LogP contribution in [0.5, 0.6) is 0 Å². The summed E-state index contributed by atoms with van der Waals surface area (Å²) in [5, 5.41) is 0. The highest BCUT2D eigenvalue weighted by Crippen LogP contribution is 2.00. The summed E-state index contributed by atoms with van der Waals surface area (Å²) < 4.78 is 22.0. The Morgan fingerprint density at radius 1 is 1.35 bits per heavy atom. The molecule has 1 unspecified atom stereocenters. The maximum absolute atomic E-state index is 11.8. The molecule has 1 amide bonds. The summed E-state index contributed by atoms with van der Waals surface area (Å²) in [4.78, 5) is 13.3. The number of nitrogens with two attached hydrogens (primary N) is 1. The molecule has 0 aromatic carbocycles. The molecule has 0 heterocycles. The summed E-state index contributed by atoms with van der Waals surface area (Å²) in [6.07, 6.45) is 2.64. The Hall–Kier alpha value is -0.330. The molecule has 1 atom stereocenters. The van der Waals surface area contributed by atoms with Gasteiger partial charge in [-0.15, -0.1) is 12.4 Å². The number of halogens is 1. The molecule has 0 rings (SSSR count). The van der Waals surface area contributed by atoms with Gasteiger partial charge in [-0.3, -0.25) is 4.79 Å². The molecular weight excluding hydrogens is 264 g/mol. The Morgan fingerprint density at radius 3 is 2.24 bits per heavy atom. The molecule has 0 saturated carbocycles. The number of nitrogens with zero attached hydrogens (tertiary/aromatic N) is 1. The monoisotopic (exact) mass is 286 g/mol. The normalized spacial score (nSPS) is 12.7. The first-order valence-corrected chi connectivity index (χ1v) is 7.60. The number of carbonyl (C=O) groups is 1. The third-order valence-electron chi connectivity index (χ3n) is 2.34. The Balaban J connectivity index is 0. The van der Waals surface area contributed by atoms with Crippen molar-refractivity contribution in [3.8, 4) is 0 Å². The highest BCUT2D eigenvalue weighted by atomic mass is 35.5. The van der Waals surface area contributed by atoms with Gasteiger partial charge in [0, 0.05) is 19.3 Å². The molecule has 5 nitrogen and oxygen atoms in total. The van der Waals surface area contributed by atoms with Crippen molar-refractivity contribution in [3.63, 3.8) is 0 Å². The quantitative estimate of drug-likeness (QED) is 0.736. The molecule has 17 heavy (non-hydrogen) atoms. The van der Waals surface area contributed by atoms with Crippen molar-refractivity contribution in [2.75, 3.05) is 25.1 Å². The van der Waals surface area contributed by atoms with Crippen LogP contribution in [0.15, 0.2) is 0 Å². The van der Waals surface area contributed by atoms with Crippen LogP contribution < -0.4 is 5.73 Å². The first-order valence-electron chi connectivity index (χ1n) is 5.53. The van der Waals surface area contributed by atoms with Crippen LogP contribution in [0.25, 0.3) is 0 Å². The first-order chi connectivity index (χ1) is 7.31. The van der Waals surface area contributed by atoms with Crippen LogP contribution in [0, 0.1) is 0 Å². The van der Waals surface area contributed by atoms with Crippen LogP contribution in [0.4, 0.5) is 0 Å². The van der Waals surface area contributed by atoms with E-state index >= 15 is 0 Å². The van der Waals surface area contributed by atoms with Crippen LogP contribution in [0.3, 0.4) is 0 Å². The van der Waals surface area contributed by atoms with E-state index in [2.05, 4.69) is 0 Å². The van der Waals surface area contributed by atoms with Crippen molar-refractivity contribution >= 4 is 28.2 Å². The van der Waals surface area contributed by atoms with Gasteiger partial charge >= 0.3 is 0 Å². The number of hydrogen-bond donors (Lipinski definition) is 1. The van der Waals surface area contributed by atoms with E-state index in [1.165, 1.54) is 4.90 Å². The maximum Gasteiger partial charge on any atom is 0.239 e. The van der Waals surface area contributed by atoms with Gasteiger partial charge in [-0.25, -0.2) is 8.42 Å². The minimum atomic E-state index is -3.04. The van der Waals surface area contributed by atoms with E-state index in [4.69, 9.17) is 5.73 Å². The number of amides is 1. The van der Waals surface area contributed by atoms with Crippen LogP contribution >= 0.6 is 12.4 Å². The van der Waals surface area contributed by atoms with E-state index in [1.807, 2.05) is 13.8 Å². The third-order valence-corrected chi connectivity index (χ3v) is 3.27. The van der Waals surface area contributed by atoms with E-state index in [-0.39, 0.29) is 30.6 Å². The standard InChI is InChI=1S/C10H22N2O3S.ClH/c1-4-6-9(11)10(13)12(5-2)7-8-16(3,14)15;/h9H,4-8,11H2,1-3H3;1H. The Bertz CT molecular complexity index is 320. The van der Waals surface area contributed by atoms with Crippen molar-refractivity contribution < 1.29 is 13.2 Å². The van der Waals surface area contributed by atoms with Gasteiger partial charge in [0.2, 0.25) is 5.91 Å². The van der Waals surface area contributed by atoms with E-state index < -0.39 is 15.9 Å². The molecule has 0 aliphatic heterocycles. The lowest BCUT2D eigenvalue weighted by Crippen LogP contribution is -2.45. The van der Waals surface area contributed by atoms with E-state index in [9.17, 15) is 13.2 Å². The number of hydrogen-bond acceptors (Lipinski definition) is 4. The highest BCUT2D eigenvalue weighted by molar-refractivity contribution is 7.90. The van der Waals surface area contributed by atoms with Crippen LogP contribution in [0.1, 0.15) is 26.7 Å². The van der Waals surface area contributed by atoms with Gasteiger partial charge < -0.3 is 10.6 Å². The van der Waals surface area contributed by atoms with Crippen molar-refractivity contribution in [2.24, 2.45) is 5.73 Å². The van der Waals surface area contributed by atoms with Crippen molar-refractivity contribution in [1.82, 2.24) is 4.90 Å². The Kier molecular flexibility index (Phi) is 9.75. The number of carbonyl (C=O) groups excluding carboxylic acids is 1. The van der Waals surface area contributed by atoms with Gasteiger partial charge in [0.15, 0.2) is 0 Å². The lowest BCUT2D eigenvalue weighted by molar-refractivity contribution is -0.132. The predicted molar refractivity (Wildman–Crippen MR) is 72.1 cm³/mol. The van der Waals surface area contributed by atoms with Crippen LogP contribution in [-0.4, -0.2) is 50.4 Å². The van der Waals surface area contributed by atoms with E-state index in [0.717, 1.165) is 12.7 Å². The molecule has 104 valence electrons. The van der Waals surface area contributed by atoms with Gasteiger partial charge in [-0.05, 0) is 13.3 Å². The van der Waals surface area contributed by atoms with Crippen LogP contribution in [0.2, 0.25) is 0 Å². The minimum absolute atomic E-state index is 0.